The van der Waals surface area contributed by atoms with E-state index < -0.39 is 0 Å². The predicted octanol–water partition coefficient (Wildman–Crippen LogP) is 2.91. The van der Waals surface area contributed by atoms with Crippen molar-refractivity contribution in [3.8, 4) is 0 Å². The van der Waals surface area contributed by atoms with Crippen LogP contribution in [0.2, 0.25) is 0 Å². The van der Waals surface area contributed by atoms with Crippen molar-refractivity contribution in [2.24, 2.45) is 34.0 Å². The molecule has 26 heavy (non-hydrogen) atoms. The minimum absolute atomic E-state index is 0.00125. The summed E-state index contributed by atoms with van der Waals surface area (Å²) in [5, 5.41) is 11.7. The van der Waals surface area contributed by atoms with Gasteiger partial charge in [-0.2, -0.15) is 0 Å². The van der Waals surface area contributed by atoms with Crippen molar-refractivity contribution in [2.75, 3.05) is 13.2 Å². The van der Waals surface area contributed by atoms with Gasteiger partial charge in [-0.3, -0.25) is 0 Å². The summed E-state index contributed by atoms with van der Waals surface area (Å²) in [5.74, 6) is 1.76. The number of fused-ring (bicyclic) bond motifs is 4. The van der Waals surface area contributed by atoms with E-state index in [9.17, 15) is 5.11 Å². The zero-order valence-corrected chi connectivity index (χ0v) is 15.8. The van der Waals surface area contributed by atoms with Crippen molar-refractivity contribution in [3.63, 3.8) is 0 Å². The highest BCUT2D eigenvalue weighted by Gasteiger charge is 2.81. The monoisotopic (exact) mass is 357 g/mol. The minimum Gasteiger partial charge on any atom is -0.390 e. The highest BCUT2D eigenvalue weighted by molar-refractivity contribution is 5.31. The maximum Gasteiger partial charge on any atom is 0.119 e. The molecule has 0 amide bonds. The summed E-state index contributed by atoms with van der Waals surface area (Å²) < 4.78 is 13.2. The quantitative estimate of drug-likeness (QED) is 0.677. The fourth-order valence-corrected chi connectivity index (χ4v) is 9.80. The first-order chi connectivity index (χ1) is 12.5. The first-order valence-corrected chi connectivity index (χ1v) is 10.9. The third kappa shape index (κ3) is 1.34. The second-order valence-corrected chi connectivity index (χ2v) is 10.9. The number of ether oxygens (including phenoxy) is 2. The highest BCUT2D eigenvalue weighted by atomic mass is 16.6. The molecule has 9 fully saturated rings. The van der Waals surface area contributed by atoms with Gasteiger partial charge in [-0.25, -0.2) is 4.90 Å². The van der Waals surface area contributed by atoms with Gasteiger partial charge in [0.1, 0.15) is 12.5 Å². The maximum absolute atomic E-state index is 11.7. The molecule has 142 valence electrons. The molecule has 2 spiro atoms. The summed E-state index contributed by atoms with van der Waals surface area (Å²) >= 11 is 0. The molecular formula is C22H31NO3. The van der Waals surface area contributed by atoms with Crippen LogP contribution in [0.1, 0.15) is 51.9 Å². The summed E-state index contributed by atoms with van der Waals surface area (Å²) in [5.41, 5.74) is 1.80. The Morgan fingerprint density at radius 2 is 2.12 bits per heavy atom. The van der Waals surface area contributed by atoms with Crippen molar-refractivity contribution >= 4 is 0 Å². The molecule has 4 nitrogen and oxygen atoms in total. The van der Waals surface area contributed by atoms with Crippen LogP contribution in [0.3, 0.4) is 0 Å². The lowest BCUT2D eigenvalue weighted by molar-refractivity contribution is -0.438. The third-order valence-electron chi connectivity index (χ3n) is 10.3. The van der Waals surface area contributed by atoms with Crippen LogP contribution in [0.5, 0.6) is 0 Å². The van der Waals surface area contributed by atoms with Crippen LogP contribution in [-0.4, -0.2) is 47.8 Å². The summed E-state index contributed by atoms with van der Waals surface area (Å²) in [7, 11) is 0. The predicted molar refractivity (Wildman–Crippen MR) is 96.0 cm³/mol. The Balaban J connectivity index is 1.47. The van der Waals surface area contributed by atoms with Gasteiger partial charge in [0, 0.05) is 28.7 Å². The molecule has 9 aliphatic rings. The average Bonchev–Trinajstić information content (AvgIpc) is 3.11. The molecule has 10 atom stereocenters. The molecule has 4 heteroatoms. The summed E-state index contributed by atoms with van der Waals surface area (Å²) in [6.45, 7) is 8.68. The number of allylic oxidation sites excluding steroid dienone is 1. The Morgan fingerprint density at radius 1 is 1.23 bits per heavy atom. The van der Waals surface area contributed by atoms with Crippen LogP contribution in [0.15, 0.2) is 12.2 Å². The van der Waals surface area contributed by atoms with Crippen LogP contribution < -0.4 is 0 Å². The molecule has 5 aliphatic carbocycles. The molecule has 5 saturated carbocycles. The van der Waals surface area contributed by atoms with E-state index in [-0.39, 0.29) is 40.9 Å². The molecule has 4 heterocycles. The van der Waals surface area contributed by atoms with Crippen LogP contribution in [0.25, 0.3) is 0 Å². The Bertz CT molecular complexity index is 710. The number of hydrogen-bond donors (Lipinski definition) is 1. The number of rotatable bonds is 0. The first-order valence-electron chi connectivity index (χ1n) is 10.9. The summed E-state index contributed by atoms with van der Waals surface area (Å²) in [4.78, 5) is 2.57. The third-order valence-corrected chi connectivity index (χ3v) is 10.3. The van der Waals surface area contributed by atoms with Crippen molar-refractivity contribution in [2.45, 2.75) is 76.5 Å². The Labute approximate surface area is 155 Å². The Morgan fingerprint density at radius 3 is 2.96 bits per heavy atom. The molecule has 0 aromatic carbocycles. The van der Waals surface area contributed by atoms with E-state index in [4.69, 9.17) is 9.47 Å². The minimum atomic E-state index is -0.332. The molecule has 7 bridgehead atoms. The fraction of sp³-hybridized carbons (Fsp3) is 0.909. The second-order valence-electron chi connectivity index (χ2n) is 10.9. The Kier molecular flexibility index (Phi) is 2.64. The first kappa shape index (κ1) is 15.5. The number of hydrogen-bond acceptors (Lipinski definition) is 4. The van der Waals surface area contributed by atoms with Crippen molar-refractivity contribution in [1.82, 2.24) is 4.90 Å². The molecule has 6 unspecified atom stereocenters. The Hall–Kier alpha value is -0.420. The fourth-order valence-electron chi connectivity index (χ4n) is 9.80. The van der Waals surface area contributed by atoms with E-state index in [1.807, 2.05) is 0 Å². The highest BCUT2D eigenvalue weighted by Crippen LogP contribution is 2.79. The molecular weight excluding hydrogens is 326 g/mol. The lowest BCUT2D eigenvalue weighted by Crippen LogP contribution is -2.85. The number of nitrogens with zero attached hydrogens (tertiary/aromatic N) is 1. The van der Waals surface area contributed by atoms with Crippen molar-refractivity contribution < 1.29 is 14.6 Å². The van der Waals surface area contributed by atoms with Gasteiger partial charge in [0.15, 0.2) is 0 Å². The van der Waals surface area contributed by atoms with Gasteiger partial charge in [-0.1, -0.05) is 25.5 Å². The smallest absolute Gasteiger partial charge is 0.119 e. The number of aliphatic hydroxyl groups excluding tert-OH is 1. The zero-order valence-electron chi connectivity index (χ0n) is 15.8. The van der Waals surface area contributed by atoms with E-state index >= 15 is 0 Å². The topological polar surface area (TPSA) is 41.9 Å². The SMILES string of the molecule is C=C1CC23CCC1C[C@H]2C12CCC[C@@]4(C)C5OCCN5C1OC3[C@@H](O)[C@@H]24. The van der Waals surface area contributed by atoms with E-state index in [0.717, 1.165) is 19.6 Å². The zero-order chi connectivity index (χ0) is 17.5. The van der Waals surface area contributed by atoms with E-state index in [1.165, 1.54) is 44.1 Å². The molecule has 1 N–H and O–H groups in total. The van der Waals surface area contributed by atoms with E-state index in [0.29, 0.717) is 17.8 Å². The molecule has 4 aliphatic heterocycles. The second kappa shape index (κ2) is 4.42. The van der Waals surface area contributed by atoms with E-state index in [2.05, 4.69) is 18.4 Å². The normalized spacial score (nSPS) is 65.2. The van der Waals surface area contributed by atoms with E-state index in [1.54, 1.807) is 0 Å². The average molecular weight is 357 g/mol. The maximum atomic E-state index is 11.7. The molecule has 9 rings (SSSR count). The molecule has 0 aromatic heterocycles. The lowest BCUT2D eigenvalue weighted by atomic mass is 9.32. The number of aliphatic hydroxyl groups is 1. The lowest BCUT2D eigenvalue weighted by Gasteiger charge is -2.80. The van der Waals surface area contributed by atoms with Gasteiger partial charge in [-0.05, 0) is 50.4 Å². The van der Waals surface area contributed by atoms with Gasteiger partial charge in [0.25, 0.3) is 0 Å². The largest absolute Gasteiger partial charge is 0.390 e. The van der Waals surface area contributed by atoms with Crippen LogP contribution in [0, 0.1) is 34.0 Å². The van der Waals surface area contributed by atoms with Crippen LogP contribution >= 0.6 is 0 Å². The summed E-state index contributed by atoms with van der Waals surface area (Å²) in [6, 6.07) is 0. The molecule has 0 radical (unpaired) electrons. The van der Waals surface area contributed by atoms with Crippen LogP contribution in [-0.2, 0) is 9.47 Å². The van der Waals surface area contributed by atoms with Crippen molar-refractivity contribution in [3.05, 3.63) is 12.2 Å². The van der Waals surface area contributed by atoms with Crippen LogP contribution in [0.4, 0.5) is 0 Å². The van der Waals surface area contributed by atoms with Gasteiger partial charge in [0.2, 0.25) is 0 Å². The number of piperidine rings is 1. The van der Waals surface area contributed by atoms with Gasteiger partial charge >= 0.3 is 0 Å². The summed E-state index contributed by atoms with van der Waals surface area (Å²) in [6.07, 6.45) is 8.57. The molecule has 0 aromatic rings. The van der Waals surface area contributed by atoms with Gasteiger partial charge in [-0.15, -0.1) is 0 Å². The van der Waals surface area contributed by atoms with Gasteiger partial charge in [0.05, 0.1) is 18.8 Å². The molecule has 4 saturated heterocycles. The van der Waals surface area contributed by atoms with Crippen molar-refractivity contribution in [1.29, 1.82) is 0 Å². The standard InChI is InChI=1S/C22H31NO3/c1-12-11-21-7-4-13(12)10-14(21)22-6-3-5-20(2)16(22)15(24)17(21)26-19(22)23-8-9-25-18(20)23/h13-19,24H,1,3-11H2,2H3/t13?,14-,15+,16-,17?,18?,19?,20-,21?,22?/m1/s1. The van der Waals surface area contributed by atoms with Gasteiger partial charge < -0.3 is 14.6 Å².